The Kier molecular flexibility index (Phi) is 13.3. The number of pyridine rings is 1. The predicted octanol–water partition coefficient (Wildman–Crippen LogP) is 6.12. The van der Waals surface area contributed by atoms with E-state index in [0.29, 0.717) is 70.1 Å². The van der Waals surface area contributed by atoms with Gasteiger partial charge in [0, 0.05) is 62.0 Å². The highest BCUT2D eigenvalue weighted by atomic mass is 35.5. The van der Waals surface area contributed by atoms with Crippen LogP contribution in [0.5, 0.6) is 11.5 Å². The number of nitrogens with one attached hydrogen (secondary N) is 3. The Balaban J connectivity index is 1.09. The highest BCUT2D eigenvalue weighted by Crippen LogP contribution is 2.52. The van der Waals surface area contributed by atoms with Crippen molar-refractivity contribution in [2.45, 2.75) is 116 Å². The van der Waals surface area contributed by atoms with Gasteiger partial charge < -0.3 is 45.1 Å². The average molecular weight is 924 g/mol. The number of carbonyl (C=O) groups excluding carboxylic acids is 3. The number of likely N-dealkylation sites (N-methyl/N-ethyl adjacent to an activating group) is 1. The van der Waals surface area contributed by atoms with Crippen LogP contribution in [0.25, 0.3) is 22.3 Å². The van der Waals surface area contributed by atoms with E-state index in [2.05, 4.69) is 32.8 Å². The number of hydrogen-bond acceptors (Lipinski definition) is 13. The Morgan fingerprint density at radius 3 is 2.39 bits per heavy atom. The maximum Gasteiger partial charge on any atom is 0.408 e. The number of carboxylic acids is 1. The molecule has 3 amide bonds. The van der Waals surface area contributed by atoms with E-state index in [9.17, 15) is 24.3 Å². The van der Waals surface area contributed by atoms with Crippen molar-refractivity contribution in [1.29, 1.82) is 0 Å². The summed E-state index contributed by atoms with van der Waals surface area (Å²) < 4.78 is 18.9. The monoisotopic (exact) mass is 922 g/mol. The smallest absolute Gasteiger partial charge is 0.408 e. The van der Waals surface area contributed by atoms with Crippen LogP contribution in [-0.2, 0) is 19.1 Å². The summed E-state index contributed by atoms with van der Waals surface area (Å²) in [7, 11) is 2.12. The lowest BCUT2D eigenvalue weighted by Gasteiger charge is -2.35. The highest BCUT2D eigenvalue weighted by Gasteiger charge is 2.61. The molecule has 5 fully saturated rings. The minimum atomic E-state index is -1.42. The van der Waals surface area contributed by atoms with Gasteiger partial charge in [-0.25, -0.2) is 19.6 Å². The largest absolute Gasteiger partial charge is 0.491 e. The second-order valence-electron chi connectivity index (χ2n) is 19.9. The lowest BCUT2D eigenvalue weighted by Crippen LogP contribution is -2.59. The van der Waals surface area contributed by atoms with Crippen LogP contribution in [0.2, 0.25) is 5.02 Å². The summed E-state index contributed by atoms with van der Waals surface area (Å²) >= 11 is 8.59. The molecular weight excluding hydrogens is 860 g/mol. The molecule has 3 aromatic rings. The van der Waals surface area contributed by atoms with Gasteiger partial charge in [-0.05, 0) is 81.9 Å². The van der Waals surface area contributed by atoms with Gasteiger partial charge in [0.05, 0.1) is 17.8 Å². The van der Waals surface area contributed by atoms with Crippen LogP contribution in [0, 0.1) is 23.2 Å². The van der Waals surface area contributed by atoms with E-state index < -0.39 is 53.0 Å². The third-order valence-corrected chi connectivity index (χ3v) is 14.7. The number of amides is 3. The van der Waals surface area contributed by atoms with E-state index in [0.717, 1.165) is 50.7 Å². The molecule has 1 unspecified atom stereocenters. The van der Waals surface area contributed by atoms with Crippen LogP contribution in [-0.4, -0.2) is 142 Å². The van der Waals surface area contributed by atoms with Gasteiger partial charge in [0.15, 0.2) is 5.13 Å². The van der Waals surface area contributed by atoms with E-state index in [1.165, 1.54) is 22.7 Å². The van der Waals surface area contributed by atoms with Gasteiger partial charge in [0.1, 0.15) is 58.7 Å². The van der Waals surface area contributed by atoms with Crippen LogP contribution in [0.1, 0.15) is 80.1 Å². The van der Waals surface area contributed by atoms with Gasteiger partial charge >= 0.3 is 12.1 Å². The Morgan fingerprint density at radius 1 is 1.00 bits per heavy atom. The first-order chi connectivity index (χ1) is 30.4. The fourth-order valence-electron chi connectivity index (χ4n) is 9.63. The van der Waals surface area contributed by atoms with Crippen LogP contribution < -0.4 is 25.4 Å². The number of alkyl carbamates (subject to hydrolysis) is 1. The van der Waals surface area contributed by atoms with E-state index in [4.69, 9.17) is 35.8 Å². The second kappa shape index (κ2) is 18.4. The number of thiazole rings is 1. The minimum Gasteiger partial charge on any atom is -0.491 e. The summed E-state index contributed by atoms with van der Waals surface area (Å²) in [4.78, 5) is 71.0. The molecule has 4 N–H and O–H groups in total. The fraction of sp³-hybridized carbons (Fsp3) is 0.652. The van der Waals surface area contributed by atoms with Gasteiger partial charge in [0.25, 0.3) is 0 Å². The number of piperazine rings is 1. The number of ether oxygens (including phenoxy) is 3. The van der Waals surface area contributed by atoms with Crippen molar-refractivity contribution in [2.24, 2.45) is 23.2 Å². The first kappa shape index (κ1) is 46.1. The number of rotatable bonds is 16. The maximum atomic E-state index is 14.8. The third kappa shape index (κ3) is 10.0. The van der Waals surface area contributed by atoms with Gasteiger partial charge in [-0.3, -0.25) is 14.5 Å². The van der Waals surface area contributed by atoms with Crippen LogP contribution in [0.15, 0.2) is 23.6 Å². The summed E-state index contributed by atoms with van der Waals surface area (Å²) in [5, 5.41) is 22.8. The molecule has 2 aromatic heterocycles. The van der Waals surface area contributed by atoms with Crippen molar-refractivity contribution < 1.29 is 38.5 Å². The Labute approximate surface area is 384 Å². The molecule has 4 heterocycles. The number of carbonyl (C=O) groups is 4. The lowest BCUT2D eigenvalue weighted by atomic mass is 9.85. The highest BCUT2D eigenvalue weighted by molar-refractivity contribution is 7.14. The number of anilines is 1. The number of benzene rings is 1. The Hall–Kier alpha value is -4.45. The molecule has 0 radical (unpaired) electrons. The third-order valence-electron chi connectivity index (χ3n) is 13.6. The molecule has 0 spiro atoms. The molecule has 2 aliphatic heterocycles. The first-order valence-electron chi connectivity index (χ1n) is 22.8. The van der Waals surface area contributed by atoms with Gasteiger partial charge in [0.2, 0.25) is 11.8 Å². The van der Waals surface area contributed by atoms with Crippen LogP contribution in [0.3, 0.4) is 0 Å². The average Bonchev–Trinajstić information content (AvgIpc) is 3.91. The molecule has 16 nitrogen and oxygen atoms in total. The summed E-state index contributed by atoms with van der Waals surface area (Å²) in [5.41, 5.74) is -0.650. The number of aromatic nitrogens is 2. The topological polar surface area (TPSA) is 188 Å². The number of aliphatic carboxylic acids is 1. The number of nitrogens with zero attached hydrogens (tertiary/aromatic N) is 5. The molecule has 1 aromatic carbocycles. The SMILES string of the molecule is CC[C@@H]1C[C@]1(NC(=O)[C@@H]1C[C@@H](Oc2cc(-c3csc(NC(C)C)n3)nc3c(Cl)c(OCCN4CCN(C)CC4)ccc23)CN1C(=O)[C@@H](NC(=O)OC1C[C@@H]2C[C@@H]2C1)C(C)(C)C)C(=O)O. The molecule has 0 bridgehead atoms. The summed E-state index contributed by atoms with van der Waals surface area (Å²) in [6, 6.07) is 3.43. The van der Waals surface area contributed by atoms with Crippen LogP contribution >= 0.6 is 22.9 Å². The van der Waals surface area contributed by atoms with Crippen LogP contribution in [0.4, 0.5) is 9.93 Å². The second-order valence-corrected chi connectivity index (χ2v) is 21.1. The van der Waals surface area contributed by atoms with E-state index in [-0.39, 0.29) is 31.0 Å². The molecule has 3 aliphatic carbocycles. The number of halogens is 1. The maximum absolute atomic E-state index is 14.8. The standard InChI is InChI=1S/C46H63ClN8O8S/c1-8-28-22-46(28,42(58)59)52-40(56)34-20-30(23-55(34)41(57)39(45(4,5)6)51-44(60)63-29-18-26-17-27(26)19-29)62-36-21-32(33-24-64-43(50-33)48-25(2)3)49-38-31(36)9-10-35(37(38)47)61-16-15-54-13-11-53(7)12-14-54/h9-10,21,24-30,34,39H,8,11-20,22-23H2,1-7H3,(H,48,50)(H,51,60)(H,52,56)(H,58,59)/t26-,27+,28-,29?,30-,34+,39-,46-/m1/s1. The molecule has 2 saturated heterocycles. The zero-order valence-corrected chi connectivity index (χ0v) is 39.5. The van der Waals surface area contributed by atoms with E-state index >= 15 is 0 Å². The Morgan fingerprint density at radius 2 is 1.73 bits per heavy atom. The molecule has 8 rings (SSSR count). The number of carboxylic acid groups (broad SMARTS) is 1. The molecular formula is C46H63ClN8O8S. The summed E-state index contributed by atoms with van der Waals surface area (Å²) in [6.45, 7) is 16.6. The predicted molar refractivity (Wildman–Crippen MR) is 245 cm³/mol. The molecule has 348 valence electrons. The van der Waals surface area contributed by atoms with Crippen molar-refractivity contribution in [2.75, 3.05) is 58.2 Å². The van der Waals surface area contributed by atoms with Crippen molar-refractivity contribution in [1.82, 2.24) is 35.3 Å². The fourth-order valence-corrected chi connectivity index (χ4v) is 10.7. The zero-order chi connectivity index (χ0) is 45.7. The quantitative estimate of drug-likeness (QED) is 0.129. The zero-order valence-electron chi connectivity index (χ0n) is 37.9. The van der Waals surface area contributed by atoms with E-state index in [1.807, 2.05) is 53.0 Å². The molecule has 3 saturated carbocycles. The molecule has 64 heavy (non-hydrogen) atoms. The van der Waals surface area contributed by atoms with Crippen molar-refractivity contribution >= 4 is 62.8 Å². The van der Waals surface area contributed by atoms with E-state index in [1.54, 1.807) is 12.1 Å². The number of hydrogen-bond donors (Lipinski definition) is 4. The first-order valence-corrected chi connectivity index (χ1v) is 24.1. The number of fused-ring (bicyclic) bond motifs is 2. The van der Waals surface area contributed by atoms with Gasteiger partial charge in [-0.2, -0.15) is 0 Å². The summed E-state index contributed by atoms with van der Waals surface area (Å²) in [6.07, 6.45) is 2.14. The number of likely N-dealkylation sites (tertiary alicyclic amines) is 1. The van der Waals surface area contributed by atoms with Gasteiger partial charge in [-0.1, -0.05) is 45.7 Å². The normalized spacial score (nSPS) is 27.2. The lowest BCUT2D eigenvalue weighted by molar-refractivity contribution is -0.146. The van der Waals surface area contributed by atoms with Crippen molar-refractivity contribution in [3.05, 3.63) is 28.6 Å². The Bertz CT molecular complexity index is 2240. The molecule has 18 heteroatoms. The van der Waals surface area contributed by atoms with Crippen molar-refractivity contribution in [3.8, 4) is 22.9 Å². The van der Waals surface area contributed by atoms with Crippen molar-refractivity contribution in [3.63, 3.8) is 0 Å². The summed E-state index contributed by atoms with van der Waals surface area (Å²) in [5.74, 6) is -0.332. The molecule has 5 aliphatic rings. The molecule has 8 atom stereocenters. The minimum absolute atomic E-state index is 0.0248. The van der Waals surface area contributed by atoms with Gasteiger partial charge in [-0.15, -0.1) is 11.3 Å².